The van der Waals surface area contributed by atoms with E-state index < -0.39 is 17.9 Å². The number of hydrazone groups is 1. The molecular formula is C23H27Cl2N3O2. The molecule has 2 aromatic rings. The molecule has 2 rings (SSSR count). The van der Waals surface area contributed by atoms with Gasteiger partial charge in [0.2, 0.25) is 0 Å². The predicted molar refractivity (Wildman–Crippen MR) is 123 cm³/mol. The number of carbonyl (C=O) groups is 2. The topological polar surface area (TPSA) is 70.6 Å². The second kappa shape index (κ2) is 10.1. The van der Waals surface area contributed by atoms with Gasteiger partial charge >= 0.3 is 0 Å². The van der Waals surface area contributed by atoms with Crippen LogP contribution < -0.4 is 10.7 Å². The Labute approximate surface area is 187 Å². The summed E-state index contributed by atoms with van der Waals surface area (Å²) in [6.45, 7) is 10.1. The third kappa shape index (κ3) is 6.57. The quantitative estimate of drug-likeness (QED) is 0.471. The summed E-state index contributed by atoms with van der Waals surface area (Å²) < 4.78 is 0. The summed E-state index contributed by atoms with van der Waals surface area (Å²) in [4.78, 5) is 25.1. The molecule has 7 heteroatoms. The Morgan fingerprint density at radius 3 is 2.20 bits per heavy atom. The zero-order chi connectivity index (χ0) is 22.5. The average Bonchev–Trinajstić information content (AvgIpc) is 2.65. The largest absolute Gasteiger partial charge is 0.340 e. The molecule has 1 unspecified atom stereocenters. The first-order chi connectivity index (χ1) is 14.0. The fourth-order valence-electron chi connectivity index (χ4n) is 2.74. The van der Waals surface area contributed by atoms with Crippen LogP contribution in [-0.4, -0.2) is 24.1 Å². The van der Waals surface area contributed by atoms with E-state index in [4.69, 9.17) is 23.2 Å². The molecule has 1 atom stereocenters. The maximum absolute atomic E-state index is 12.6. The molecule has 0 bridgehead atoms. The Balaban J connectivity index is 2.03. The Morgan fingerprint density at radius 2 is 1.67 bits per heavy atom. The number of benzene rings is 2. The van der Waals surface area contributed by atoms with Crippen molar-refractivity contribution in [2.45, 2.75) is 46.1 Å². The summed E-state index contributed by atoms with van der Waals surface area (Å²) in [5.41, 5.74) is 4.90. The first kappa shape index (κ1) is 23.9. The van der Waals surface area contributed by atoms with Gasteiger partial charge in [0.05, 0.1) is 16.8 Å². The summed E-state index contributed by atoms with van der Waals surface area (Å²) in [5, 5.41) is 7.39. The van der Waals surface area contributed by atoms with Gasteiger partial charge in [-0.15, -0.1) is 0 Å². The van der Waals surface area contributed by atoms with Gasteiger partial charge in [-0.05, 0) is 40.7 Å². The average molecular weight is 448 g/mol. The van der Waals surface area contributed by atoms with Crippen LogP contribution in [0.1, 0.15) is 56.1 Å². The lowest BCUT2D eigenvalue weighted by Gasteiger charge is -2.20. The van der Waals surface area contributed by atoms with E-state index in [0.29, 0.717) is 5.02 Å². The van der Waals surface area contributed by atoms with Gasteiger partial charge in [-0.25, -0.2) is 5.43 Å². The second-order valence-corrected chi connectivity index (χ2v) is 9.27. The van der Waals surface area contributed by atoms with Crippen LogP contribution in [0.5, 0.6) is 0 Å². The van der Waals surface area contributed by atoms with E-state index in [0.717, 1.165) is 5.56 Å². The number of amides is 2. The highest BCUT2D eigenvalue weighted by molar-refractivity contribution is 6.36. The van der Waals surface area contributed by atoms with Gasteiger partial charge in [-0.3, -0.25) is 9.59 Å². The molecular weight excluding hydrogens is 421 g/mol. The van der Waals surface area contributed by atoms with E-state index in [2.05, 4.69) is 36.6 Å². The summed E-state index contributed by atoms with van der Waals surface area (Å²) in [6, 6.07) is 11.8. The van der Waals surface area contributed by atoms with E-state index in [1.165, 1.54) is 17.7 Å². The van der Waals surface area contributed by atoms with E-state index in [1.54, 1.807) is 12.3 Å². The Hall–Kier alpha value is -2.37. The van der Waals surface area contributed by atoms with E-state index >= 15 is 0 Å². The van der Waals surface area contributed by atoms with Crippen molar-refractivity contribution in [3.05, 3.63) is 69.2 Å². The predicted octanol–water partition coefficient (Wildman–Crippen LogP) is 5.20. The number of hydrogen-bond donors (Lipinski definition) is 2. The monoisotopic (exact) mass is 447 g/mol. The molecule has 2 aromatic carbocycles. The molecule has 0 aliphatic heterocycles. The fourth-order valence-corrected chi connectivity index (χ4v) is 3.23. The molecule has 160 valence electrons. The van der Waals surface area contributed by atoms with E-state index in [1.807, 2.05) is 38.1 Å². The molecule has 0 saturated heterocycles. The molecule has 0 fully saturated rings. The van der Waals surface area contributed by atoms with Gasteiger partial charge < -0.3 is 5.32 Å². The third-order valence-corrected chi connectivity index (χ3v) is 5.12. The molecule has 30 heavy (non-hydrogen) atoms. The highest BCUT2D eigenvalue weighted by atomic mass is 35.5. The Kier molecular flexibility index (Phi) is 8.04. The molecule has 2 amide bonds. The smallest absolute Gasteiger partial charge is 0.262 e. The molecule has 0 aliphatic rings. The normalized spacial score (nSPS) is 12.8. The first-order valence-electron chi connectivity index (χ1n) is 9.68. The van der Waals surface area contributed by atoms with Crippen LogP contribution in [0.2, 0.25) is 10.0 Å². The zero-order valence-corrected chi connectivity index (χ0v) is 19.3. The van der Waals surface area contributed by atoms with Crippen molar-refractivity contribution in [1.82, 2.24) is 10.7 Å². The van der Waals surface area contributed by atoms with Crippen molar-refractivity contribution >= 4 is 41.2 Å². The minimum Gasteiger partial charge on any atom is -0.340 e. The molecule has 0 spiro atoms. The maximum Gasteiger partial charge on any atom is 0.262 e. The van der Waals surface area contributed by atoms with Crippen LogP contribution in [0.3, 0.4) is 0 Å². The Morgan fingerprint density at radius 1 is 1.03 bits per heavy atom. The van der Waals surface area contributed by atoms with Crippen LogP contribution in [-0.2, 0) is 10.2 Å². The fraction of sp³-hybridized carbons (Fsp3) is 0.348. The maximum atomic E-state index is 12.6. The molecule has 5 nitrogen and oxygen atoms in total. The van der Waals surface area contributed by atoms with Gasteiger partial charge in [-0.2, -0.15) is 5.10 Å². The van der Waals surface area contributed by atoms with Crippen molar-refractivity contribution in [2.24, 2.45) is 11.0 Å². The third-order valence-electron chi connectivity index (χ3n) is 4.58. The number of hydrogen-bond acceptors (Lipinski definition) is 3. The summed E-state index contributed by atoms with van der Waals surface area (Å²) in [5.74, 6) is -1.01. The molecule has 0 aromatic heterocycles. The highest BCUT2D eigenvalue weighted by Crippen LogP contribution is 2.22. The van der Waals surface area contributed by atoms with Gasteiger partial charge in [0, 0.05) is 5.02 Å². The van der Waals surface area contributed by atoms with Gasteiger partial charge in [0.25, 0.3) is 11.8 Å². The lowest BCUT2D eigenvalue weighted by Crippen LogP contribution is -2.48. The zero-order valence-electron chi connectivity index (χ0n) is 17.8. The number of nitrogens with zero attached hydrogens (tertiary/aromatic N) is 1. The van der Waals surface area contributed by atoms with Gasteiger partial charge in [0.1, 0.15) is 6.04 Å². The first-order valence-corrected chi connectivity index (χ1v) is 10.4. The number of carbonyl (C=O) groups excluding carboxylic acids is 2. The molecule has 0 aliphatic carbocycles. The lowest BCUT2D eigenvalue weighted by molar-refractivity contribution is -0.123. The summed E-state index contributed by atoms with van der Waals surface area (Å²) in [7, 11) is 0. The van der Waals surface area contributed by atoms with E-state index in [-0.39, 0.29) is 21.9 Å². The van der Waals surface area contributed by atoms with Crippen molar-refractivity contribution in [3.63, 3.8) is 0 Å². The second-order valence-electron chi connectivity index (χ2n) is 8.43. The van der Waals surface area contributed by atoms with Gasteiger partial charge in [-0.1, -0.05) is 82.1 Å². The van der Waals surface area contributed by atoms with Crippen LogP contribution in [0.25, 0.3) is 0 Å². The van der Waals surface area contributed by atoms with Crippen molar-refractivity contribution in [3.8, 4) is 0 Å². The summed E-state index contributed by atoms with van der Waals surface area (Å²) in [6.07, 6.45) is 1.57. The SMILES string of the molecule is CC(C)C(NC(=O)c1ccc(Cl)cc1Cl)C(=O)N/N=C\c1ccc(C(C)(C)C)cc1. The van der Waals surface area contributed by atoms with Crippen molar-refractivity contribution in [2.75, 3.05) is 0 Å². The molecule has 0 saturated carbocycles. The minimum atomic E-state index is -0.773. The number of nitrogens with one attached hydrogen (secondary N) is 2. The minimum absolute atomic E-state index is 0.0690. The Bertz CT molecular complexity index is 932. The van der Waals surface area contributed by atoms with Crippen LogP contribution >= 0.6 is 23.2 Å². The van der Waals surface area contributed by atoms with Crippen LogP contribution in [0, 0.1) is 5.92 Å². The summed E-state index contributed by atoms with van der Waals surface area (Å²) >= 11 is 12.0. The van der Waals surface area contributed by atoms with Crippen molar-refractivity contribution < 1.29 is 9.59 Å². The number of halogens is 2. The standard InChI is InChI=1S/C23H27Cl2N3O2/c1-14(2)20(27-21(29)18-11-10-17(24)12-19(18)25)22(30)28-26-13-15-6-8-16(9-7-15)23(3,4)5/h6-14,20H,1-5H3,(H,27,29)(H,28,30)/b26-13-. The number of rotatable bonds is 6. The van der Waals surface area contributed by atoms with E-state index in [9.17, 15) is 9.59 Å². The highest BCUT2D eigenvalue weighted by Gasteiger charge is 2.25. The van der Waals surface area contributed by atoms with Crippen molar-refractivity contribution in [1.29, 1.82) is 0 Å². The van der Waals surface area contributed by atoms with Crippen LogP contribution in [0.15, 0.2) is 47.6 Å². The molecule has 0 radical (unpaired) electrons. The molecule has 2 N–H and O–H groups in total. The lowest BCUT2D eigenvalue weighted by atomic mass is 9.87. The van der Waals surface area contributed by atoms with Crippen LogP contribution in [0.4, 0.5) is 0 Å². The van der Waals surface area contributed by atoms with Gasteiger partial charge in [0.15, 0.2) is 0 Å². The molecule has 0 heterocycles.